The van der Waals surface area contributed by atoms with E-state index in [1.807, 2.05) is 47.9 Å². The molecule has 1 saturated carbocycles. The van der Waals surface area contributed by atoms with Crippen LogP contribution < -0.4 is 5.32 Å². The molecule has 144 valence electrons. The number of nitrogens with zero attached hydrogens (tertiary/aromatic N) is 2. The Morgan fingerprint density at radius 2 is 1.69 bits per heavy atom. The predicted molar refractivity (Wildman–Crippen MR) is 116 cm³/mol. The fraction of sp³-hybridized carbons (Fsp3) is 0.200. The van der Waals surface area contributed by atoms with Crippen LogP contribution >= 0.6 is 0 Å². The molecule has 1 unspecified atom stereocenters. The molecule has 2 aromatic heterocycles. The van der Waals surface area contributed by atoms with Crippen LogP contribution in [-0.4, -0.2) is 15.3 Å². The van der Waals surface area contributed by atoms with Gasteiger partial charge in [0, 0.05) is 17.7 Å². The van der Waals surface area contributed by atoms with Gasteiger partial charge < -0.3 is 5.32 Å². The van der Waals surface area contributed by atoms with Gasteiger partial charge in [0.1, 0.15) is 17.2 Å². The maximum absolute atomic E-state index is 13.1. The highest BCUT2D eigenvalue weighted by molar-refractivity contribution is 5.98. The minimum Gasteiger partial charge on any atom is -0.310 e. The zero-order valence-electron chi connectivity index (χ0n) is 16.6. The number of aromatic nitrogens is 2. The van der Waals surface area contributed by atoms with Gasteiger partial charge in [0.25, 0.3) is 0 Å². The highest BCUT2D eigenvalue weighted by atomic mass is 16.2. The maximum Gasteiger partial charge on any atom is 0.229 e. The summed E-state index contributed by atoms with van der Waals surface area (Å²) in [7, 11) is 0. The first kappa shape index (κ1) is 17.7. The van der Waals surface area contributed by atoms with E-state index in [-0.39, 0.29) is 11.8 Å². The molecule has 1 aliphatic rings. The number of anilines is 1. The molecule has 2 aromatic carbocycles. The molecule has 0 bridgehead atoms. The van der Waals surface area contributed by atoms with Crippen molar-refractivity contribution >= 4 is 17.4 Å². The van der Waals surface area contributed by atoms with Gasteiger partial charge in [-0.05, 0) is 43.4 Å². The van der Waals surface area contributed by atoms with Crippen molar-refractivity contribution in [3.8, 4) is 11.3 Å². The number of carbonyl (C=O) groups is 1. The highest BCUT2D eigenvalue weighted by Crippen LogP contribution is 2.48. The summed E-state index contributed by atoms with van der Waals surface area (Å²) in [6, 6.07) is 22.6. The van der Waals surface area contributed by atoms with E-state index in [4.69, 9.17) is 4.98 Å². The zero-order chi connectivity index (χ0) is 20.0. The third kappa shape index (κ3) is 3.31. The van der Waals surface area contributed by atoms with Crippen molar-refractivity contribution in [3.05, 3.63) is 89.6 Å². The second-order valence-electron chi connectivity index (χ2n) is 7.96. The Bertz CT molecular complexity index is 1190. The summed E-state index contributed by atoms with van der Waals surface area (Å²) in [4.78, 5) is 17.9. The number of hydrogen-bond donors (Lipinski definition) is 1. The molecule has 1 aliphatic carbocycles. The standard InChI is InChI=1S/C25H23N3O/c1-16-8-11-19(12-9-16)23-24(28-15-17(2)10-13-22(28)26-23)27-25(29)21-14-20(21)18-6-4-3-5-7-18/h3-13,15,20-21H,14H2,1-2H3,(H,27,29)/t20-,21?/m0/s1. The number of nitrogens with one attached hydrogen (secondary N) is 1. The Kier molecular flexibility index (Phi) is 4.20. The molecule has 0 saturated heterocycles. The van der Waals surface area contributed by atoms with Crippen LogP contribution in [0.2, 0.25) is 0 Å². The molecule has 2 atom stereocenters. The maximum atomic E-state index is 13.1. The molecule has 0 spiro atoms. The van der Waals surface area contributed by atoms with Crippen LogP contribution in [0.4, 0.5) is 5.82 Å². The number of rotatable bonds is 4. The quantitative estimate of drug-likeness (QED) is 0.517. The molecular weight excluding hydrogens is 358 g/mol. The van der Waals surface area contributed by atoms with Gasteiger partial charge in [-0.3, -0.25) is 9.20 Å². The lowest BCUT2D eigenvalue weighted by atomic mass is 10.1. The summed E-state index contributed by atoms with van der Waals surface area (Å²) in [6.45, 7) is 4.11. The van der Waals surface area contributed by atoms with Gasteiger partial charge in [-0.15, -0.1) is 0 Å². The monoisotopic (exact) mass is 381 g/mol. The second kappa shape index (κ2) is 6.89. The normalized spacial score (nSPS) is 18.0. The topological polar surface area (TPSA) is 46.4 Å². The highest BCUT2D eigenvalue weighted by Gasteiger charge is 2.44. The van der Waals surface area contributed by atoms with Crippen molar-refractivity contribution < 1.29 is 4.79 Å². The van der Waals surface area contributed by atoms with Crippen molar-refractivity contribution in [1.82, 2.24) is 9.38 Å². The number of aryl methyl sites for hydroxylation is 2. The van der Waals surface area contributed by atoms with Crippen LogP contribution in [0.5, 0.6) is 0 Å². The average Bonchev–Trinajstić information content (AvgIpc) is 3.47. The molecule has 4 heteroatoms. The van der Waals surface area contributed by atoms with Crippen molar-refractivity contribution in [1.29, 1.82) is 0 Å². The molecule has 0 aliphatic heterocycles. The van der Waals surface area contributed by atoms with Gasteiger partial charge in [-0.2, -0.15) is 0 Å². The van der Waals surface area contributed by atoms with Crippen molar-refractivity contribution in [2.75, 3.05) is 5.32 Å². The minimum atomic E-state index is 0.0126. The van der Waals surface area contributed by atoms with Gasteiger partial charge in [0.05, 0.1) is 0 Å². The molecule has 1 amide bonds. The molecular formula is C25H23N3O. The van der Waals surface area contributed by atoms with Crippen LogP contribution in [0.3, 0.4) is 0 Å². The van der Waals surface area contributed by atoms with E-state index in [9.17, 15) is 4.79 Å². The van der Waals surface area contributed by atoms with E-state index in [1.54, 1.807) is 0 Å². The second-order valence-corrected chi connectivity index (χ2v) is 7.96. The first-order valence-electron chi connectivity index (χ1n) is 10.0. The Morgan fingerprint density at radius 3 is 2.45 bits per heavy atom. The summed E-state index contributed by atoms with van der Waals surface area (Å²) >= 11 is 0. The fourth-order valence-corrected chi connectivity index (χ4v) is 3.95. The Hall–Kier alpha value is -3.40. The lowest BCUT2D eigenvalue weighted by Gasteiger charge is -2.09. The van der Waals surface area contributed by atoms with E-state index in [0.29, 0.717) is 5.92 Å². The molecule has 0 radical (unpaired) electrons. The largest absolute Gasteiger partial charge is 0.310 e. The first-order chi connectivity index (χ1) is 14.1. The van der Waals surface area contributed by atoms with E-state index < -0.39 is 0 Å². The van der Waals surface area contributed by atoms with E-state index in [0.717, 1.165) is 34.7 Å². The minimum absolute atomic E-state index is 0.0126. The van der Waals surface area contributed by atoms with E-state index in [1.165, 1.54) is 11.1 Å². The molecule has 1 N–H and O–H groups in total. The number of imidazole rings is 1. The lowest BCUT2D eigenvalue weighted by Crippen LogP contribution is -2.16. The van der Waals surface area contributed by atoms with Gasteiger partial charge >= 0.3 is 0 Å². The fourth-order valence-electron chi connectivity index (χ4n) is 3.95. The molecule has 1 fully saturated rings. The van der Waals surface area contributed by atoms with Crippen LogP contribution in [0.25, 0.3) is 16.9 Å². The number of pyridine rings is 1. The van der Waals surface area contributed by atoms with Crippen LogP contribution in [0.15, 0.2) is 72.9 Å². The molecule has 4 aromatic rings. The van der Waals surface area contributed by atoms with Crippen molar-refractivity contribution in [2.45, 2.75) is 26.2 Å². The van der Waals surface area contributed by atoms with Crippen molar-refractivity contribution in [3.63, 3.8) is 0 Å². The SMILES string of the molecule is Cc1ccc(-c2nc3ccc(C)cn3c2NC(=O)C2C[C@H]2c2ccccc2)cc1. The van der Waals surface area contributed by atoms with Crippen LogP contribution in [0, 0.1) is 19.8 Å². The van der Waals surface area contributed by atoms with Gasteiger partial charge in [0.2, 0.25) is 5.91 Å². The van der Waals surface area contributed by atoms with Crippen molar-refractivity contribution in [2.24, 2.45) is 5.92 Å². The third-order valence-electron chi connectivity index (χ3n) is 5.69. The van der Waals surface area contributed by atoms with Gasteiger partial charge in [-0.25, -0.2) is 4.98 Å². The first-order valence-corrected chi connectivity index (χ1v) is 10.0. The summed E-state index contributed by atoms with van der Waals surface area (Å²) in [5.41, 5.74) is 6.19. The van der Waals surface area contributed by atoms with E-state index >= 15 is 0 Å². The Morgan fingerprint density at radius 1 is 0.966 bits per heavy atom. The summed E-state index contributed by atoms with van der Waals surface area (Å²) in [6.07, 6.45) is 2.92. The predicted octanol–water partition coefficient (Wildman–Crippen LogP) is 5.36. The average molecular weight is 381 g/mol. The van der Waals surface area contributed by atoms with Gasteiger partial charge in [-0.1, -0.05) is 66.2 Å². The number of carbonyl (C=O) groups excluding carboxylic acids is 1. The summed E-state index contributed by atoms with van der Waals surface area (Å²) < 4.78 is 1.99. The van der Waals surface area contributed by atoms with Crippen LogP contribution in [-0.2, 0) is 4.79 Å². The van der Waals surface area contributed by atoms with Crippen LogP contribution in [0.1, 0.15) is 29.0 Å². The number of amides is 1. The lowest BCUT2D eigenvalue weighted by molar-refractivity contribution is -0.117. The zero-order valence-corrected chi connectivity index (χ0v) is 16.6. The number of fused-ring (bicyclic) bond motifs is 1. The van der Waals surface area contributed by atoms with Gasteiger partial charge in [0.15, 0.2) is 0 Å². The molecule has 4 nitrogen and oxygen atoms in total. The molecule has 5 rings (SSSR count). The molecule has 2 heterocycles. The Labute approximate surface area is 170 Å². The third-order valence-corrected chi connectivity index (χ3v) is 5.69. The molecule has 29 heavy (non-hydrogen) atoms. The summed E-state index contributed by atoms with van der Waals surface area (Å²) in [5.74, 6) is 1.13. The van der Waals surface area contributed by atoms with E-state index in [2.05, 4.69) is 48.6 Å². The number of hydrogen-bond acceptors (Lipinski definition) is 2. The Balaban J connectivity index is 1.50. The summed E-state index contributed by atoms with van der Waals surface area (Å²) in [5, 5.41) is 3.20. The smallest absolute Gasteiger partial charge is 0.229 e. The number of benzene rings is 2.